The van der Waals surface area contributed by atoms with Crippen LogP contribution >= 0.6 is 22.7 Å². The average Bonchev–Trinajstić information content (AvgIpc) is 3.15. The number of nitrogens with one attached hydrogen (secondary N) is 2. The Morgan fingerprint density at radius 3 is 2.73 bits per heavy atom. The van der Waals surface area contributed by atoms with E-state index < -0.39 is 6.04 Å². The van der Waals surface area contributed by atoms with Crippen molar-refractivity contribution in [2.24, 2.45) is 0 Å². The van der Waals surface area contributed by atoms with E-state index in [1.54, 1.807) is 19.1 Å². The molecule has 0 saturated heterocycles. The first kappa shape index (κ1) is 14.7. The van der Waals surface area contributed by atoms with Gasteiger partial charge < -0.3 is 10.6 Å². The molecule has 0 aliphatic rings. The summed E-state index contributed by atoms with van der Waals surface area (Å²) in [5, 5.41) is 7.76. The molecule has 5 nitrogen and oxygen atoms in total. The van der Waals surface area contributed by atoms with Gasteiger partial charge in [0.05, 0.1) is 15.1 Å². The van der Waals surface area contributed by atoms with Crippen LogP contribution in [0.25, 0.3) is 10.2 Å². The first-order valence-electron chi connectivity index (χ1n) is 6.64. The molecule has 22 heavy (non-hydrogen) atoms. The Hall–Kier alpha value is -2.25. The molecule has 2 aromatic heterocycles. The Morgan fingerprint density at radius 2 is 2.00 bits per heavy atom. The smallest absolute Gasteiger partial charge is 0.261 e. The number of thiazole rings is 1. The van der Waals surface area contributed by atoms with Gasteiger partial charge in [0.1, 0.15) is 6.04 Å². The Labute approximate surface area is 135 Å². The molecule has 1 unspecified atom stereocenters. The second-order valence-electron chi connectivity index (χ2n) is 4.65. The lowest BCUT2D eigenvalue weighted by atomic mass is 10.3. The minimum absolute atomic E-state index is 0.248. The lowest BCUT2D eigenvalue weighted by molar-refractivity contribution is -0.117. The Balaban J connectivity index is 1.64. The van der Waals surface area contributed by atoms with Crippen LogP contribution in [0.1, 0.15) is 16.6 Å². The third-order valence-corrected chi connectivity index (χ3v) is 4.83. The summed E-state index contributed by atoms with van der Waals surface area (Å²) in [6.45, 7) is 1.65. The van der Waals surface area contributed by atoms with Gasteiger partial charge in [-0.25, -0.2) is 4.98 Å². The molecule has 2 heterocycles. The first-order valence-corrected chi connectivity index (χ1v) is 8.34. The van der Waals surface area contributed by atoms with Crippen LogP contribution in [-0.2, 0) is 4.79 Å². The van der Waals surface area contributed by atoms with E-state index in [1.165, 1.54) is 22.7 Å². The van der Waals surface area contributed by atoms with E-state index in [-0.39, 0.29) is 11.8 Å². The minimum Gasteiger partial charge on any atom is -0.340 e. The standard InChI is InChI=1S/C15H13N3O2S2/c1-9(16-14(20)12-7-4-8-21-12)13(19)18-15-17-10-5-2-3-6-11(10)22-15/h2-9H,1H3,(H,16,20)(H,17,18,19). The van der Waals surface area contributed by atoms with Crippen molar-refractivity contribution in [1.82, 2.24) is 10.3 Å². The van der Waals surface area contributed by atoms with Gasteiger partial charge in [-0.15, -0.1) is 11.3 Å². The average molecular weight is 331 g/mol. The van der Waals surface area contributed by atoms with E-state index >= 15 is 0 Å². The Bertz CT molecular complexity index is 778. The highest BCUT2D eigenvalue weighted by molar-refractivity contribution is 7.22. The molecule has 0 bridgehead atoms. The molecule has 2 N–H and O–H groups in total. The number of carbonyl (C=O) groups excluding carboxylic acids is 2. The summed E-state index contributed by atoms with van der Waals surface area (Å²) in [6.07, 6.45) is 0. The summed E-state index contributed by atoms with van der Waals surface area (Å²) in [5.41, 5.74) is 0.845. The van der Waals surface area contributed by atoms with Crippen LogP contribution in [0, 0.1) is 0 Å². The largest absolute Gasteiger partial charge is 0.340 e. The summed E-state index contributed by atoms with van der Waals surface area (Å²) in [6, 6.07) is 10.5. The number of aromatic nitrogens is 1. The van der Waals surface area contributed by atoms with Crippen LogP contribution in [0.3, 0.4) is 0 Å². The zero-order chi connectivity index (χ0) is 15.5. The fourth-order valence-corrected chi connectivity index (χ4v) is 3.38. The summed E-state index contributed by atoms with van der Waals surface area (Å²) in [5.74, 6) is -0.536. The molecular formula is C15H13N3O2S2. The van der Waals surface area contributed by atoms with Crippen molar-refractivity contribution in [3.05, 3.63) is 46.7 Å². The predicted octanol–water partition coefficient (Wildman–Crippen LogP) is 3.11. The van der Waals surface area contributed by atoms with E-state index in [0.29, 0.717) is 10.0 Å². The number of anilines is 1. The van der Waals surface area contributed by atoms with Crippen molar-refractivity contribution in [2.45, 2.75) is 13.0 Å². The number of fused-ring (bicyclic) bond motifs is 1. The number of carbonyl (C=O) groups is 2. The normalized spacial score (nSPS) is 12.0. The molecule has 2 amide bonds. The van der Waals surface area contributed by atoms with Gasteiger partial charge in [-0.2, -0.15) is 0 Å². The van der Waals surface area contributed by atoms with Gasteiger partial charge in [0.25, 0.3) is 5.91 Å². The van der Waals surface area contributed by atoms with Gasteiger partial charge in [-0.3, -0.25) is 9.59 Å². The molecule has 1 atom stereocenters. The molecule has 0 aliphatic heterocycles. The fourth-order valence-electron chi connectivity index (χ4n) is 1.88. The van der Waals surface area contributed by atoms with Crippen molar-refractivity contribution < 1.29 is 9.59 Å². The zero-order valence-corrected chi connectivity index (χ0v) is 13.3. The number of benzene rings is 1. The number of rotatable bonds is 4. The number of nitrogens with zero attached hydrogens (tertiary/aromatic N) is 1. The molecule has 0 radical (unpaired) electrons. The molecule has 1 aromatic carbocycles. The quantitative estimate of drug-likeness (QED) is 0.771. The topological polar surface area (TPSA) is 71.1 Å². The van der Waals surface area contributed by atoms with Crippen molar-refractivity contribution in [3.63, 3.8) is 0 Å². The van der Waals surface area contributed by atoms with Crippen molar-refractivity contribution in [3.8, 4) is 0 Å². The highest BCUT2D eigenvalue weighted by Crippen LogP contribution is 2.25. The van der Waals surface area contributed by atoms with Crippen LogP contribution in [0.2, 0.25) is 0 Å². The predicted molar refractivity (Wildman–Crippen MR) is 89.5 cm³/mol. The second kappa shape index (κ2) is 6.25. The Kier molecular flexibility index (Phi) is 4.17. The molecule has 0 saturated carbocycles. The summed E-state index contributed by atoms with van der Waals surface area (Å²) >= 11 is 2.74. The molecule has 3 rings (SSSR count). The highest BCUT2D eigenvalue weighted by Gasteiger charge is 2.18. The minimum atomic E-state index is -0.637. The van der Waals surface area contributed by atoms with E-state index in [0.717, 1.165) is 10.2 Å². The molecule has 0 spiro atoms. The van der Waals surface area contributed by atoms with Crippen LogP contribution in [-0.4, -0.2) is 22.8 Å². The number of para-hydroxylation sites is 1. The van der Waals surface area contributed by atoms with E-state index in [4.69, 9.17) is 0 Å². The molecular weight excluding hydrogens is 318 g/mol. The maximum atomic E-state index is 12.1. The molecule has 7 heteroatoms. The lowest BCUT2D eigenvalue weighted by Gasteiger charge is -2.12. The monoisotopic (exact) mass is 331 g/mol. The molecule has 3 aromatic rings. The first-order chi connectivity index (χ1) is 10.6. The summed E-state index contributed by atoms with van der Waals surface area (Å²) in [4.78, 5) is 29.0. The molecule has 0 aliphatic carbocycles. The zero-order valence-electron chi connectivity index (χ0n) is 11.7. The molecule has 0 fully saturated rings. The van der Waals surface area contributed by atoms with Crippen LogP contribution in [0.15, 0.2) is 41.8 Å². The van der Waals surface area contributed by atoms with Crippen LogP contribution in [0.5, 0.6) is 0 Å². The third kappa shape index (κ3) is 3.15. The summed E-state index contributed by atoms with van der Waals surface area (Å²) < 4.78 is 1.01. The fraction of sp³-hybridized carbons (Fsp3) is 0.133. The third-order valence-electron chi connectivity index (χ3n) is 3.01. The van der Waals surface area contributed by atoms with Gasteiger partial charge in [-0.1, -0.05) is 29.5 Å². The van der Waals surface area contributed by atoms with Gasteiger partial charge in [0.2, 0.25) is 5.91 Å². The van der Waals surface area contributed by atoms with Crippen molar-refractivity contribution in [1.29, 1.82) is 0 Å². The van der Waals surface area contributed by atoms with E-state index in [2.05, 4.69) is 15.6 Å². The van der Waals surface area contributed by atoms with Crippen LogP contribution in [0.4, 0.5) is 5.13 Å². The Morgan fingerprint density at radius 1 is 1.18 bits per heavy atom. The maximum Gasteiger partial charge on any atom is 0.261 e. The SMILES string of the molecule is CC(NC(=O)c1cccs1)C(=O)Nc1nc2ccccc2s1. The second-order valence-corrected chi connectivity index (χ2v) is 6.63. The van der Waals surface area contributed by atoms with Gasteiger partial charge in [0, 0.05) is 0 Å². The maximum absolute atomic E-state index is 12.1. The number of thiophene rings is 1. The number of hydrogen-bond donors (Lipinski definition) is 2. The number of hydrogen-bond acceptors (Lipinski definition) is 5. The van der Waals surface area contributed by atoms with Gasteiger partial charge >= 0.3 is 0 Å². The molecule has 112 valence electrons. The highest BCUT2D eigenvalue weighted by atomic mass is 32.1. The summed E-state index contributed by atoms with van der Waals surface area (Å²) in [7, 11) is 0. The van der Waals surface area contributed by atoms with E-state index in [1.807, 2.05) is 29.6 Å². The number of amides is 2. The van der Waals surface area contributed by atoms with Gasteiger partial charge in [-0.05, 0) is 30.5 Å². The van der Waals surface area contributed by atoms with Crippen molar-refractivity contribution in [2.75, 3.05) is 5.32 Å². The van der Waals surface area contributed by atoms with Crippen LogP contribution < -0.4 is 10.6 Å². The van der Waals surface area contributed by atoms with Crippen molar-refractivity contribution >= 4 is 49.8 Å². The van der Waals surface area contributed by atoms with Gasteiger partial charge in [0.15, 0.2) is 5.13 Å². The lowest BCUT2D eigenvalue weighted by Crippen LogP contribution is -2.41. The van der Waals surface area contributed by atoms with E-state index in [9.17, 15) is 9.59 Å².